The first-order valence-electron chi connectivity index (χ1n) is 7.16. The fraction of sp³-hybridized carbons (Fsp3) is 0.375. The molecule has 112 valence electrons. The third-order valence-electron chi connectivity index (χ3n) is 3.15. The van der Waals surface area contributed by atoms with E-state index >= 15 is 0 Å². The minimum Gasteiger partial charge on any atom is -0.478 e. The van der Waals surface area contributed by atoms with Gasteiger partial charge in [0.05, 0.1) is 6.61 Å². The summed E-state index contributed by atoms with van der Waals surface area (Å²) in [5.41, 5.74) is 7.96. The van der Waals surface area contributed by atoms with Gasteiger partial charge in [0.25, 0.3) is 0 Å². The maximum Gasteiger partial charge on any atom is 0.218 e. The lowest BCUT2D eigenvalue weighted by atomic mass is 10.1. The highest BCUT2D eigenvalue weighted by Gasteiger charge is 2.06. The van der Waals surface area contributed by atoms with E-state index < -0.39 is 0 Å². The predicted octanol–water partition coefficient (Wildman–Crippen LogP) is 2.36. The van der Waals surface area contributed by atoms with Crippen LogP contribution in [-0.4, -0.2) is 23.6 Å². The molecule has 1 aromatic carbocycles. The number of nitrogens with zero attached hydrogens (tertiary/aromatic N) is 3. The van der Waals surface area contributed by atoms with E-state index in [1.54, 1.807) is 0 Å². The van der Waals surface area contributed by atoms with E-state index in [2.05, 4.69) is 46.1 Å². The first kappa shape index (κ1) is 15.3. The van der Waals surface area contributed by atoms with Gasteiger partial charge in [-0.3, -0.25) is 0 Å². The van der Waals surface area contributed by atoms with Crippen LogP contribution >= 0.6 is 0 Å². The fourth-order valence-corrected chi connectivity index (χ4v) is 1.96. The summed E-state index contributed by atoms with van der Waals surface area (Å²) in [5, 5.41) is 0. The zero-order chi connectivity index (χ0) is 15.1. The number of ether oxygens (including phenoxy) is 1. The summed E-state index contributed by atoms with van der Waals surface area (Å²) in [6, 6.07) is 10.2. The molecule has 0 amide bonds. The molecule has 0 bridgehead atoms. The third kappa shape index (κ3) is 4.43. The van der Waals surface area contributed by atoms with Crippen LogP contribution in [0.4, 0.5) is 5.82 Å². The number of anilines is 1. The van der Waals surface area contributed by atoms with E-state index in [4.69, 9.17) is 10.5 Å². The molecular weight excluding hydrogens is 264 g/mol. The van der Waals surface area contributed by atoms with Crippen LogP contribution in [0.3, 0.4) is 0 Å². The molecular formula is C16H22N4O. The Morgan fingerprint density at radius 2 is 1.86 bits per heavy atom. The number of hydrogen-bond acceptors (Lipinski definition) is 5. The summed E-state index contributed by atoms with van der Waals surface area (Å²) in [4.78, 5) is 10.5. The number of aromatic nitrogens is 2. The van der Waals surface area contributed by atoms with E-state index in [-0.39, 0.29) is 0 Å². The zero-order valence-corrected chi connectivity index (χ0v) is 12.6. The van der Waals surface area contributed by atoms with Crippen LogP contribution in [-0.2, 0) is 13.1 Å². The van der Waals surface area contributed by atoms with Crippen molar-refractivity contribution in [1.82, 2.24) is 9.97 Å². The second-order valence-electron chi connectivity index (χ2n) is 4.94. The molecule has 0 unspecified atom stereocenters. The Hall–Kier alpha value is -2.14. The van der Waals surface area contributed by atoms with Crippen molar-refractivity contribution in [2.45, 2.75) is 26.4 Å². The molecule has 0 saturated carbocycles. The third-order valence-corrected chi connectivity index (χ3v) is 3.15. The Labute approximate surface area is 125 Å². The molecule has 0 fully saturated rings. The molecule has 0 aliphatic rings. The topological polar surface area (TPSA) is 64.3 Å². The molecule has 21 heavy (non-hydrogen) atoms. The van der Waals surface area contributed by atoms with Crippen LogP contribution in [0.15, 0.2) is 36.7 Å². The van der Waals surface area contributed by atoms with Gasteiger partial charge in [-0.1, -0.05) is 31.2 Å². The van der Waals surface area contributed by atoms with Gasteiger partial charge in [0, 0.05) is 26.2 Å². The maximum absolute atomic E-state index is 5.61. The van der Waals surface area contributed by atoms with Gasteiger partial charge in [0.2, 0.25) is 5.88 Å². The fourth-order valence-electron chi connectivity index (χ4n) is 1.96. The Kier molecular flexibility index (Phi) is 5.51. The first-order chi connectivity index (χ1) is 10.2. The molecule has 0 radical (unpaired) electrons. The van der Waals surface area contributed by atoms with Gasteiger partial charge < -0.3 is 15.4 Å². The van der Waals surface area contributed by atoms with Crippen molar-refractivity contribution in [3.05, 3.63) is 47.8 Å². The van der Waals surface area contributed by atoms with Crippen LogP contribution in [0.2, 0.25) is 0 Å². The summed E-state index contributed by atoms with van der Waals surface area (Å²) < 4.78 is 5.53. The highest BCUT2D eigenvalue weighted by atomic mass is 16.5. The summed E-state index contributed by atoms with van der Waals surface area (Å²) >= 11 is 0. The second-order valence-corrected chi connectivity index (χ2v) is 4.94. The zero-order valence-electron chi connectivity index (χ0n) is 12.6. The van der Waals surface area contributed by atoms with Crippen LogP contribution in [0.1, 0.15) is 24.5 Å². The molecule has 0 spiro atoms. The molecule has 1 aromatic heterocycles. The smallest absolute Gasteiger partial charge is 0.218 e. The van der Waals surface area contributed by atoms with Crippen molar-refractivity contribution in [3.63, 3.8) is 0 Å². The van der Waals surface area contributed by atoms with Crippen LogP contribution in [0.25, 0.3) is 0 Å². The van der Waals surface area contributed by atoms with Gasteiger partial charge in [-0.15, -0.1) is 0 Å². The van der Waals surface area contributed by atoms with E-state index in [9.17, 15) is 0 Å². The lowest BCUT2D eigenvalue weighted by molar-refractivity contribution is 0.304. The van der Waals surface area contributed by atoms with Crippen molar-refractivity contribution < 1.29 is 4.74 Å². The number of rotatable bonds is 7. The van der Waals surface area contributed by atoms with Gasteiger partial charge in [-0.25, -0.2) is 9.97 Å². The van der Waals surface area contributed by atoms with E-state index in [0.717, 1.165) is 24.3 Å². The molecule has 0 saturated heterocycles. The minimum absolute atomic E-state index is 0.570. The molecule has 2 aromatic rings. The average molecular weight is 286 g/mol. The van der Waals surface area contributed by atoms with Gasteiger partial charge >= 0.3 is 0 Å². The Morgan fingerprint density at radius 1 is 1.14 bits per heavy atom. The molecule has 5 heteroatoms. The minimum atomic E-state index is 0.570. The van der Waals surface area contributed by atoms with Gasteiger partial charge in [0.15, 0.2) is 0 Å². The van der Waals surface area contributed by atoms with Gasteiger partial charge in [0.1, 0.15) is 12.1 Å². The molecule has 2 rings (SSSR count). The standard InChI is InChI=1S/C16H22N4O/c1-3-8-21-16-9-15(18-12-19-16)20(2)11-14-6-4-13(10-17)5-7-14/h4-7,9,12H,3,8,10-11,17H2,1-2H3. The lowest BCUT2D eigenvalue weighted by Gasteiger charge is -2.18. The van der Waals surface area contributed by atoms with Crippen molar-refractivity contribution in [3.8, 4) is 5.88 Å². The summed E-state index contributed by atoms with van der Waals surface area (Å²) in [6.45, 7) is 4.08. The summed E-state index contributed by atoms with van der Waals surface area (Å²) in [6.07, 6.45) is 2.50. The van der Waals surface area contributed by atoms with Crippen LogP contribution < -0.4 is 15.4 Å². The molecule has 1 heterocycles. The van der Waals surface area contributed by atoms with E-state index in [0.29, 0.717) is 19.0 Å². The number of hydrogen-bond donors (Lipinski definition) is 1. The molecule has 0 atom stereocenters. The maximum atomic E-state index is 5.61. The van der Waals surface area contributed by atoms with Gasteiger partial charge in [-0.05, 0) is 17.5 Å². The molecule has 0 aliphatic carbocycles. The highest BCUT2D eigenvalue weighted by Crippen LogP contribution is 2.17. The molecule has 5 nitrogen and oxygen atoms in total. The Morgan fingerprint density at radius 3 is 2.52 bits per heavy atom. The SMILES string of the molecule is CCCOc1cc(N(C)Cc2ccc(CN)cc2)ncn1. The van der Waals surface area contributed by atoms with Crippen molar-refractivity contribution in [1.29, 1.82) is 0 Å². The quantitative estimate of drug-likeness (QED) is 0.846. The van der Waals surface area contributed by atoms with Crippen molar-refractivity contribution >= 4 is 5.82 Å². The van der Waals surface area contributed by atoms with E-state index in [1.807, 2.05) is 13.1 Å². The Balaban J connectivity index is 2.03. The summed E-state index contributed by atoms with van der Waals surface area (Å²) in [7, 11) is 2.00. The van der Waals surface area contributed by atoms with E-state index in [1.165, 1.54) is 11.9 Å². The average Bonchev–Trinajstić information content (AvgIpc) is 2.54. The number of nitrogens with two attached hydrogens (primary N) is 1. The summed E-state index contributed by atoms with van der Waals surface area (Å²) in [5.74, 6) is 1.46. The van der Waals surface area contributed by atoms with Crippen molar-refractivity contribution in [2.75, 3.05) is 18.6 Å². The lowest BCUT2D eigenvalue weighted by Crippen LogP contribution is -2.18. The van der Waals surface area contributed by atoms with Gasteiger partial charge in [-0.2, -0.15) is 0 Å². The van der Waals surface area contributed by atoms with Crippen LogP contribution in [0.5, 0.6) is 5.88 Å². The van der Waals surface area contributed by atoms with Crippen LogP contribution in [0, 0.1) is 0 Å². The molecule has 2 N–H and O–H groups in total. The first-order valence-corrected chi connectivity index (χ1v) is 7.16. The monoisotopic (exact) mass is 286 g/mol. The second kappa shape index (κ2) is 7.59. The molecule has 0 aliphatic heterocycles. The Bertz CT molecular complexity index is 556. The largest absolute Gasteiger partial charge is 0.478 e. The number of benzene rings is 1. The predicted molar refractivity (Wildman–Crippen MR) is 84.3 cm³/mol. The van der Waals surface area contributed by atoms with Crippen molar-refractivity contribution in [2.24, 2.45) is 5.73 Å². The highest BCUT2D eigenvalue weighted by molar-refractivity contribution is 5.41. The normalized spacial score (nSPS) is 10.4.